The van der Waals surface area contributed by atoms with Crippen LogP contribution in [0.15, 0.2) is 30.5 Å². The van der Waals surface area contributed by atoms with Crippen molar-refractivity contribution in [2.75, 3.05) is 13.1 Å². The molecule has 2 nitrogen and oxygen atoms in total. The Balaban J connectivity index is 1.79. The number of halogens is 1. The van der Waals surface area contributed by atoms with E-state index in [2.05, 4.69) is 35.1 Å². The Morgan fingerprint density at radius 1 is 1.11 bits per heavy atom. The lowest BCUT2D eigenvalue weighted by Gasteiger charge is -2.08. The first-order valence-electron chi connectivity index (χ1n) is 7.27. The SMILES string of the molecule is CCCCCCNCCn1ccc2cccc(Cl)c21. The number of rotatable bonds is 8. The van der Waals surface area contributed by atoms with Gasteiger partial charge in [0.2, 0.25) is 0 Å². The molecule has 0 aliphatic heterocycles. The number of unbranched alkanes of at least 4 members (excludes halogenated alkanes) is 3. The average molecular weight is 279 g/mol. The van der Waals surface area contributed by atoms with Gasteiger partial charge in [-0.25, -0.2) is 0 Å². The summed E-state index contributed by atoms with van der Waals surface area (Å²) in [4.78, 5) is 0. The van der Waals surface area contributed by atoms with Gasteiger partial charge < -0.3 is 9.88 Å². The van der Waals surface area contributed by atoms with Crippen LogP contribution in [0.4, 0.5) is 0 Å². The van der Waals surface area contributed by atoms with Crippen molar-refractivity contribution in [1.82, 2.24) is 9.88 Å². The predicted octanol–water partition coefficient (Wildman–Crippen LogP) is 4.46. The largest absolute Gasteiger partial charge is 0.345 e. The molecule has 0 radical (unpaired) electrons. The second kappa shape index (κ2) is 7.56. The van der Waals surface area contributed by atoms with Crippen LogP contribution >= 0.6 is 11.6 Å². The van der Waals surface area contributed by atoms with E-state index in [1.807, 2.05) is 12.1 Å². The summed E-state index contributed by atoms with van der Waals surface area (Å²) in [5.74, 6) is 0. The Bertz CT molecular complexity index is 504. The van der Waals surface area contributed by atoms with E-state index >= 15 is 0 Å². The van der Waals surface area contributed by atoms with Gasteiger partial charge in [-0.2, -0.15) is 0 Å². The Hall–Kier alpha value is -0.990. The smallest absolute Gasteiger partial charge is 0.0670 e. The number of nitrogens with zero attached hydrogens (tertiary/aromatic N) is 1. The zero-order valence-electron chi connectivity index (χ0n) is 11.7. The number of hydrogen-bond donors (Lipinski definition) is 1. The van der Waals surface area contributed by atoms with E-state index in [4.69, 9.17) is 11.6 Å². The van der Waals surface area contributed by atoms with Crippen LogP contribution in [0.25, 0.3) is 10.9 Å². The van der Waals surface area contributed by atoms with Crippen LogP contribution in [-0.4, -0.2) is 17.7 Å². The molecule has 2 aromatic rings. The van der Waals surface area contributed by atoms with E-state index < -0.39 is 0 Å². The number of fused-ring (bicyclic) bond motifs is 1. The van der Waals surface area contributed by atoms with Gasteiger partial charge in [-0.1, -0.05) is 49.9 Å². The first-order valence-corrected chi connectivity index (χ1v) is 7.65. The fraction of sp³-hybridized carbons (Fsp3) is 0.500. The van der Waals surface area contributed by atoms with Gasteiger partial charge in [0.15, 0.2) is 0 Å². The van der Waals surface area contributed by atoms with Crippen molar-refractivity contribution in [3.05, 3.63) is 35.5 Å². The molecule has 0 atom stereocenters. The van der Waals surface area contributed by atoms with Crippen molar-refractivity contribution >= 4 is 22.5 Å². The van der Waals surface area contributed by atoms with Crippen LogP contribution in [0.2, 0.25) is 5.02 Å². The maximum atomic E-state index is 6.26. The first-order chi connectivity index (χ1) is 9.33. The standard InChI is InChI=1S/C16H23ClN2/c1-2-3-4-5-10-18-11-13-19-12-9-14-7-6-8-15(17)16(14)19/h6-9,12,18H,2-5,10-11,13H2,1H3. The summed E-state index contributed by atoms with van der Waals surface area (Å²) < 4.78 is 2.23. The molecular weight excluding hydrogens is 256 g/mol. The van der Waals surface area contributed by atoms with Gasteiger partial charge in [0.25, 0.3) is 0 Å². The van der Waals surface area contributed by atoms with E-state index in [9.17, 15) is 0 Å². The monoisotopic (exact) mass is 278 g/mol. The van der Waals surface area contributed by atoms with Gasteiger partial charge >= 0.3 is 0 Å². The molecule has 0 unspecified atom stereocenters. The van der Waals surface area contributed by atoms with Crippen molar-refractivity contribution in [3.8, 4) is 0 Å². The quantitative estimate of drug-likeness (QED) is 0.705. The molecule has 0 saturated carbocycles. The molecule has 0 saturated heterocycles. The Labute approximate surface area is 120 Å². The summed E-state index contributed by atoms with van der Waals surface area (Å²) in [6, 6.07) is 8.19. The molecule has 0 bridgehead atoms. The van der Waals surface area contributed by atoms with Gasteiger partial charge in [0.05, 0.1) is 10.5 Å². The van der Waals surface area contributed by atoms with Gasteiger partial charge in [-0.15, -0.1) is 0 Å². The number of hydrogen-bond acceptors (Lipinski definition) is 1. The lowest BCUT2D eigenvalue weighted by Crippen LogP contribution is -2.20. The van der Waals surface area contributed by atoms with Crippen LogP contribution in [0.1, 0.15) is 32.6 Å². The lowest BCUT2D eigenvalue weighted by molar-refractivity contribution is 0.567. The van der Waals surface area contributed by atoms with Gasteiger partial charge in [-0.3, -0.25) is 0 Å². The summed E-state index contributed by atoms with van der Waals surface area (Å²) in [5.41, 5.74) is 1.15. The Morgan fingerprint density at radius 2 is 2.00 bits per heavy atom. The van der Waals surface area contributed by atoms with Crippen LogP contribution < -0.4 is 5.32 Å². The van der Waals surface area contributed by atoms with E-state index in [1.54, 1.807) is 0 Å². The zero-order chi connectivity index (χ0) is 13.5. The molecule has 19 heavy (non-hydrogen) atoms. The number of para-hydroxylation sites is 1. The minimum absolute atomic E-state index is 0.838. The maximum Gasteiger partial charge on any atom is 0.0670 e. The van der Waals surface area contributed by atoms with E-state index in [0.29, 0.717) is 0 Å². The normalized spacial score (nSPS) is 11.3. The lowest BCUT2D eigenvalue weighted by atomic mass is 10.2. The average Bonchev–Trinajstić information content (AvgIpc) is 2.82. The predicted molar refractivity (Wildman–Crippen MR) is 84.0 cm³/mol. The Kier molecular flexibility index (Phi) is 5.74. The van der Waals surface area contributed by atoms with E-state index in [0.717, 1.165) is 30.2 Å². The van der Waals surface area contributed by atoms with Crippen molar-refractivity contribution in [2.24, 2.45) is 0 Å². The third-order valence-electron chi connectivity index (χ3n) is 3.48. The number of aromatic nitrogens is 1. The minimum atomic E-state index is 0.838. The molecule has 1 aromatic carbocycles. The molecular formula is C16H23ClN2. The highest BCUT2D eigenvalue weighted by Crippen LogP contribution is 2.23. The summed E-state index contributed by atoms with van der Waals surface area (Å²) >= 11 is 6.26. The van der Waals surface area contributed by atoms with Crippen molar-refractivity contribution in [1.29, 1.82) is 0 Å². The molecule has 1 aromatic heterocycles. The van der Waals surface area contributed by atoms with Crippen LogP contribution in [0.5, 0.6) is 0 Å². The Morgan fingerprint density at radius 3 is 2.84 bits per heavy atom. The maximum absolute atomic E-state index is 6.26. The van der Waals surface area contributed by atoms with Crippen LogP contribution in [0, 0.1) is 0 Å². The summed E-state index contributed by atoms with van der Waals surface area (Å²) in [7, 11) is 0. The molecule has 1 heterocycles. The molecule has 0 aliphatic carbocycles. The van der Waals surface area contributed by atoms with Crippen molar-refractivity contribution in [2.45, 2.75) is 39.2 Å². The molecule has 2 rings (SSSR count). The number of nitrogens with one attached hydrogen (secondary N) is 1. The third kappa shape index (κ3) is 3.99. The molecule has 0 spiro atoms. The summed E-state index contributed by atoms with van der Waals surface area (Å²) in [6.45, 7) is 5.34. The van der Waals surface area contributed by atoms with Crippen LogP contribution in [-0.2, 0) is 6.54 Å². The third-order valence-corrected chi connectivity index (χ3v) is 3.78. The molecule has 1 N–H and O–H groups in total. The molecule has 0 aliphatic rings. The molecule has 3 heteroatoms. The topological polar surface area (TPSA) is 17.0 Å². The first kappa shape index (κ1) is 14.4. The van der Waals surface area contributed by atoms with Crippen LogP contribution in [0.3, 0.4) is 0 Å². The highest BCUT2D eigenvalue weighted by Gasteiger charge is 2.04. The molecule has 104 valence electrons. The van der Waals surface area contributed by atoms with Gasteiger partial charge in [0.1, 0.15) is 0 Å². The zero-order valence-corrected chi connectivity index (χ0v) is 12.4. The highest BCUT2D eigenvalue weighted by molar-refractivity contribution is 6.35. The molecule has 0 amide bonds. The fourth-order valence-electron chi connectivity index (χ4n) is 2.40. The van der Waals surface area contributed by atoms with Gasteiger partial charge in [0, 0.05) is 24.7 Å². The molecule has 0 fully saturated rings. The summed E-state index contributed by atoms with van der Waals surface area (Å²) in [6.07, 6.45) is 7.38. The summed E-state index contributed by atoms with van der Waals surface area (Å²) in [5, 5.41) is 5.56. The van der Waals surface area contributed by atoms with E-state index in [1.165, 1.54) is 31.1 Å². The number of benzene rings is 1. The van der Waals surface area contributed by atoms with E-state index in [-0.39, 0.29) is 0 Å². The van der Waals surface area contributed by atoms with Crippen molar-refractivity contribution < 1.29 is 0 Å². The second-order valence-corrected chi connectivity index (χ2v) is 5.40. The van der Waals surface area contributed by atoms with Gasteiger partial charge in [-0.05, 0) is 25.1 Å². The van der Waals surface area contributed by atoms with Crippen molar-refractivity contribution in [3.63, 3.8) is 0 Å². The highest BCUT2D eigenvalue weighted by atomic mass is 35.5. The second-order valence-electron chi connectivity index (χ2n) is 5.00. The fourth-order valence-corrected chi connectivity index (χ4v) is 2.69. The minimum Gasteiger partial charge on any atom is -0.345 e.